The molecule has 4 heteroatoms. The van der Waals surface area contributed by atoms with Gasteiger partial charge in [-0.2, -0.15) is 0 Å². The first-order valence-corrected chi connectivity index (χ1v) is 9.33. The number of anilines is 1. The van der Waals surface area contributed by atoms with Gasteiger partial charge in [-0.25, -0.2) is 4.98 Å². The molecule has 0 aliphatic carbocycles. The van der Waals surface area contributed by atoms with E-state index in [1.165, 1.54) is 20.9 Å². The molecular weight excluding hydrogens is 326 g/mol. The van der Waals surface area contributed by atoms with Crippen molar-refractivity contribution in [2.45, 2.75) is 26.8 Å². The van der Waals surface area contributed by atoms with E-state index in [4.69, 9.17) is 0 Å². The molecule has 0 saturated heterocycles. The van der Waals surface area contributed by atoms with Gasteiger partial charge in [-0.15, -0.1) is 11.3 Å². The number of pyridine rings is 1. The second-order valence-corrected chi connectivity index (χ2v) is 7.86. The van der Waals surface area contributed by atoms with Crippen LogP contribution >= 0.6 is 11.3 Å². The minimum Gasteiger partial charge on any atom is -0.383 e. The van der Waals surface area contributed by atoms with E-state index < -0.39 is 0 Å². The van der Waals surface area contributed by atoms with Crippen LogP contribution in [0.15, 0.2) is 60.9 Å². The van der Waals surface area contributed by atoms with E-state index >= 15 is 0 Å². The van der Waals surface area contributed by atoms with Gasteiger partial charge in [0, 0.05) is 22.8 Å². The number of thiophene rings is 1. The predicted molar refractivity (Wildman–Crippen MR) is 107 cm³/mol. The number of rotatable bonds is 4. The van der Waals surface area contributed by atoms with Crippen LogP contribution in [0.3, 0.4) is 0 Å². The minimum atomic E-state index is 0.437. The molecule has 3 nitrogen and oxygen atoms in total. The van der Waals surface area contributed by atoms with Crippen molar-refractivity contribution in [2.75, 3.05) is 5.32 Å². The number of nitrogens with one attached hydrogen (secondary N) is 1. The number of imidazole rings is 1. The number of benzene rings is 1. The van der Waals surface area contributed by atoms with Gasteiger partial charge in [-0.05, 0) is 68.3 Å². The van der Waals surface area contributed by atoms with E-state index in [1.54, 1.807) is 11.3 Å². The third-order valence-electron chi connectivity index (χ3n) is 4.18. The van der Waals surface area contributed by atoms with Crippen molar-refractivity contribution in [3.05, 3.63) is 65.8 Å². The summed E-state index contributed by atoms with van der Waals surface area (Å²) in [5.41, 5.74) is 5.66. The molecule has 0 aliphatic rings. The Hall–Kier alpha value is -2.59. The Balaban J connectivity index is 1.68. The SMILES string of the molecule is Cc1ccc(-c2cnc3cc(-c4ccc(NC(C)C)cc4)ccn23)s1. The average Bonchev–Trinajstić information content (AvgIpc) is 3.20. The standard InChI is InChI=1S/C21H21N3S/c1-14(2)23-18-7-5-16(6-8-18)17-10-11-24-19(13-22-21(24)12-17)20-9-4-15(3)25-20/h4-14,23H,1-3H3. The molecule has 0 aliphatic heterocycles. The average molecular weight is 347 g/mol. The maximum atomic E-state index is 4.60. The third-order valence-corrected chi connectivity index (χ3v) is 5.20. The van der Waals surface area contributed by atoms with Crippen molar-refractivity contribution in [2.24, 2.45) is 0 Å². The Bertz CT molecular complexity index is 1010. The first kappa shape index (κ1) is 15.9. The maximum Gasteiger partial charge on any atom is 0.137 e. The number of nitrogens with zero attached hydrogens (tertiary/aromatic N) is 2. The monoisotopic (exact) mass is 347 g/mol. The van der Waals surface area contributed by atoms with Gasteiger partial charge >= 0.3 is 0 Å². The minimum absolute atomic E-state index is 0.437. The fraction of sp³-hybridized carbons (Fsp3) is 0.190. The molecule has 3 aromatic heterocycles. The molecule has 0 amide bonds. The highest BCUT2D eigenvalue weighted by Crippen LogP contribution is 2.30. The van der Waals surface area contributed by atoms with Crippen LogP contribution in [-0.4, -0.2) is 15.4 Å². The van der Waals surface area contributed by atoms with E-state index in [0.717, 1.165) is 17.0 Å². The Morgan fingerprint density at radius 3 is 2.48 bits per heavy atom. The lowest BCUT2D eigenvalue weighted by atomic mass is 10.1. The molecular formula is C21H21N3S. The Morgan fingerprint density at radius 2 is 1.80 bits per heavy atom. The topological polar surface area (TPSA) is 29.3 Å². The second-order valence-electron chi connectivity index (χ2n) is 6.57. The van der Waals surface area contributed by atoms with Gasteiger partial charge in [0.1, 0.15) is 5.65 Å². The zero-order valence-corrected chi connectivity index (χ0v) is 15.5. The van der Waals surface area contributed by atoms with Gasteiger partial charge in [0.15, 0.2) is 0 Å². The molecule has 0 unspecified atom stereocenters. The summed E-state index contributed by atoms with van der Waals surface area (Å²) in [5, 5.41) is 3.42. The van der Waals surface area contributed by atoms with Crippen LogP contribution in [0, 0.1) is 6.92 Å². The molecule has 1 N–H and O–H groups in total. The summed E-state index contributed by atoms with van der Waals surface area (Å²) in [6, 6.07) is 17.6. The normalized spacial score (nSPS) is 11.4. The van der Waals surface area contributed by atoms with Crippen molar-refractivity contribution in [1.82, 2.24) is 9.38 Å². The van der Waals surface area contributed by atoms with Gasteiger partial charge in [0.05, 0.1) is 16.8 Å². The van der Waals surface area contributed by atoms with Crippen LogP contribution in [0.25, 0.3) is 27.3 Å². The Morgan fingerprint density at radius 1 is 1.00 bits per heavy atom. The van der Waals surface area contributed by atoms with Gasteiger partial charge in [0.2, 0.25) is 0 Å². The molecule has 0 spiro atoms. The van der Waals surface area contributed by atoms with Crippen molar-refractivity contribution in [1.29, 1.82) is 0 Å². The zero-order valence-electron chi connectivity index (χ0n) is 14.7. The molecule has 4 rings (SSSR count). The van der Waals surface area contributed by atoms with Crippen LogP contribution in [0.1, 0.15) is 18.7 Å². The van der Waals surface area contributed by atoms with E-state index in [2.05, 4.69) is 90.2 Å². The largest absolute Gasteiger partial charge is 0.383 e. The first-order valence-electron chi connectivity index (χ1n) is 8.51. The number of fused-ring (bicyclic) bond motifs is 1. The first-order chi connectivity index (χ1) is 12.1. The summed E-state index contributed by atoms with van der Waals surface area (Å²) in [6.07, 6.45) is 4.07. The van der Waals surface area contributed by atoms with Gasteiger partial charge < -0.3 is 5.32 Å². The molecule has 0 bridgehead atoms. The molecule has 0 radical (unpaired) electrons. The molecule has 0 fully saturated rings. The van der Waals surface area contributed by atoms with Crippen LogP contribution in [0.5, 0.6) is 0 Å². The number of aryl methyl sites for hydroxylation is 1. The summed E-state index contributed by atoms with van der Waals surface area (Å²) in [7, 11) is 0. The van der Waals surface area contributed by atoms with E-state index in [1.807, 2.05) is 6.20 Å². The van der Waals surface area contributed by atoms with Crippen molar-refractivity contribution in [3.8, 4) is 21.7 Å². The number of aromatic nitrogens is 2. The predicted octanol–water partition coefficient (Wildman–Crippen LogP) is 5.86. The fourth-order valence-corrected chi connectivity index (χ4v) is 3.88. The van der Waals surface area contributed by atoms with E-state index in [0.29, 0.717) is 6.04 Å². The molecule has 3 heterocycles. The molecule has 25 heavy (non-hydrogen) atoms. The highest BCUT2D eigenvalue weighted by molar-refractivity contribution is 7.15. The van der Waals surface area contributed by atoms with Crippen LogP contribution in [0.2, 0.25) is 0 Å². The lowest BCUT2D eigenvalue weighted by molar-refractivity contribution is 0.900. The summed E-state index contributed by atoms with van der Waals surface area (Å²) < 4.78 is 2.16. The lowest BCUT2D eigenvalue weighted by Gasteiger charge is -2.10. The highest BCUT2D eigenvalue weighted by Gasteiger charge is 2.09. The molecule has 4 aromatic rings. The number of hydrogen-bond acceptors (Lipinski definition) is 3. The van der Waals surface area contributed by atoms with Crippen molar-refractivity contribution in [3.63, 3.8) is 0 Å². The molecule has 1 aromatic carbocycles. The summed E-state index contributed by atoms with van der Waals surface area (Å²) in [4.78, 5) is 7.17. The van der Waals surface area contributed by atoms with E-state index in [9.17, 15) is 0 Å². The summed E-state index contributed by atoms with van der Waals surface area (Å²) in [6.45, 7) is 6.42. The van der Waals surface area contributed by atoms with Crippen LogP contribution in [0.4, 0.5) is 5.69 Å². The van der Waals surface area contributed by atoms with Crippen LogP contribution in [-0.2, 0) is 0 Å². The van der Waals surface area contributed by atoms with E-state index in [-0.39, 0.29) is 0 Å². The fourth-order valence-electron chi connectivity index (χ4n) is 3.01. The quantitative estimate of drug-likeness (QED) is 0.501. The maximum absolute atomic E-state index is 4.60. The zero-order chi connectivity index (χ0) is 17.4. The van der Waals surface area contributed by atoms with Gasteiger partial charge in [0.25, 0.3) is 0 Å². The summed E-state index contributed by atoms with van der Waals surface area (Å²) in [5.74, 6) is 0. The second kappa shape index (κ2) is 6.37. The Kier molecular flexibility index (Phi) is 4.06. The molecule has 0 saturated carbocycles. The van der Waals surface area contributed by atoms with Gasteiger partial charge in [-0.1, -0.05) is 12.1 Å². The molecule has 0 atom stereocenters. The summed E-state index contributed by atoms with van der Waals surface area (Å²) >= 11 is 1.80. The highest BCUT2D eigenvalue weighted by atomic mass is 32.1. The van der Waals surface area contributed by atoms with Crippen molar-refractivity contribution < 1.29 is 0 Å². The smallest absolute Gasteiger partial charge is 0.137 e. The molecule has 126 valence electrons. The third kappa shape index (κ3) is 3.17. The van der Waals surface area contributed by atoms with Crippen LogP contribution < -0.4 is 5.32 Å². The van der Waals surface area contributed by atoms with Crippen molar-refractivity contribution >= 4 is 22.7 Å². The lowest BCUT2D eigenvalue weighted by Crippen LogP contribution is -2.09. The van der Waals surface area contributed by atoms with Gasteiger partial charge in [-0.3, -0.25) is 4.40 Å². The number of hydrogen-bond donors (Lipinski definition) is 1. The Labute approximate surface area is 152 Å².